The molecule has 1 aliphatic heterocycles. The van der Waals surface area contributed by atoms with Gasteiger partial charge in [0.1, 0.15) is 12.3 Å². The van der Waals surface area contributed by atoms with Crippen molar-refractivity contribution in [2.24, 2.45) is 0 Å². The molecule has 0 saturated carbocycles. The number of hydrogen-bond donors (Lipinski definition) is 2. The summed E-state index contributed by atoms with van der Waals surface area (Å²) in [5, 5.41) is 4.90. The van der Waals surface area contributed by atoms with Crippen LogP contribution in [0.2, 0.25) is 0 Å². The third-order valence-corrected chi connectivity index (χ3v) is 2.22. The monoisotopic (exact) mass is 182 g/mol. The number of aromatic nitrogens is 2. The Morgan fingerprint density at radius 3 is 2.62 bits per heavy atom. The second kappa shape index (κ2) is 2.25. The van der Waals surface area contributed by atoms with E-state index >= 15 is 0 Å². The van der Waals surface area contributed by atoms with Gasteiger partial charge in [-0.15, -0.1) is 0 Å². The molecule has 0 unspecified atom stereocenters. The molecule has 0 saturated heterocycles. The van der Waals surface area contributed by atoms with E-state index in [1.807, 2.05) is 13.8 Å². The summed E-state index contributed by atoms with van der Waals surface area (Å²) in [7, 11) is 0. The molecule has 0 spiro atoms. The van der Waals surface area contributed by atoms with Crippen molar-refractivity contribution in [3.63, 3.8) is 0 Å². The lowest BCUT2D eigenvalue weighted by molar-refractivity contribution is 0.0365. The second-order valence-electron chi connectivity index (χ2n) is 3.79. The van der Waals surface area contributed by atoms with Gasteiger partial charge in [0.15, 0.2) is 0 Å². The van der Waals surface area contributed by atoms with Gasteiger partial charge >= 0.3 is 5.97 Å². The van der Waals surface area contributed by atoms with Crippen LogP contribution in [-0.4, -0.2) is 22.8 Å². The normalized spacial score (nSPS) is 19.4. The molecule has 13 heavy (non-hydrogen) atoms. The molecule has 0 fully saturated rings. The Morgan fingerprint density at radius 1 is 1.31 bits per heavy atom. The summed E-state index contributed by atoms with van der Waals surface area (Å²) in [6.45, 7) is 3.97. The minimum Gasteiger partial charge on any atom is -0.460 e. The molecule has 2 N–H and O–H groups in total. The lowest BCUT2D eigenvalue weighted by atomic mass is 9.84. The average molecular weight is 182 g/mol. The molecule has 1 aliphatic rings. The number of esters is 1. The van der Waals surface area contributed by atoms with Crippen LogP contribution in [0.3, 0.4) is 0 Å². The van der Waals surface area contributed by atoms with E-state index in [2.05, 4.69) is 10.2 Å². The first kappa shape index (κ1) is 8.10. The van der Waals surface area contributed by atoms with Crippen LogP contribution < -0.4 is 5.56 Å². The maximum absolute atomic E-state index is 11.3. The molecule has 1 aromatic rings. The summed E-state index contributed by atoms with van der Waals surface area (Å²) in [4.78, 5) is 22.5. The van der Waals surface area contributed by atoms with Gasteiger partial charge < -0.3 is 4.74 Å². The number of carbonyl (C=O) groups is 1. The molecule has 0 bridgehead atoms. The number of carbonyl (C=O) groups excluding carboxylic acids is 1. The Balaban J connectivity index is 2.71. The quantitative estimate of drug-likeness (QED) is 0.561. The fraction of sp³-hybridized carbons (Fsp3) is 0.500. The minimum absolute atomic E-state index is 0.239. The number of rotatable bonds is 0. The van der Waals surface area contributed by atoms with Crippen molar-refractivity contribution in [3.05, 3.63) is 21.6 Å². The molecule has 0 atom stereocenters. The van der Waals surface area contributed by atoms with E-state index in [0.29, 0.717) is 5.56 Å². The maximum Gasteiger partial charge on any atom is 0.356 e. The van der Waals surface area contributed by atoms with E-state index in [0.717, 1.165) is 0 Å². The summed E-state index contributed by atoms with van der Waals surface area (Å²) < 4.78 is 4.90. The molecule has 0 radical (unpaired) electrons. The number of ether oxygens (including phenoxy) is 1. The van der Waals surface area contributed by atoms with Gasteiger partial charge in [0.2, 0.25) is 0 Å². The first-order chi connectivity index (χ1) is 6.02. The smallest absolute Gasteiger partial charge is 0.356 e. The molecular formula is C8H10N2O3. The van der Waals surface area contributed by atoms with Gasteiger partial charge in [-0.25, -0.2) is 4.79 Å². The zero-order valence-corrected chi connectivity index (χ0v) is 7.43. The van der Waals surface area contributed by atoms with E-state index < -0.39 is 11.4 Å². The SMILES string of the molecule is CC1(C)COC(=O)c2[nH][nH]c(=O)c21. The molecule has 0 aromatic carbocycles. The van der Waals surface area contributed by atoms with Gasteiger partial charge in [0, 0.05) is 5.41 Å². The van der Waals surface area contributed by atoms with Gasteiger partial charge in [-0.3, -0.25) is 15.0 Å². The summed E-state index contributed by atoms with van der Waals surface area (Å²) in [6.07, 6.45) is 0. The summed E-state index contributed by atoms with van der Waals surface area (Å²) in [6, 6.07) is 0. The van der Waals surface area contributed by atoms with Gasteiger partial charge in [0.25, 0.3) is 5.56 Å². The fourth-order valence-corrected chi connectivity index (χ4v) is 1.55. The number of nitrogens with one attached hydrogen (secondary N) is 2. The van der Waals surface area contributed by atoms with Crippen molar-refractivity contribution in [3.8, 4) is 0 Å². The Kier molecular flexibility index (Phi) is 1.40. The lowest BCUT2D eigenvalue weighted by Crippen LogP contribution is -2.37. The number of cyclic esters (lactones) is 1. The van der Waals surface area contributed by atoms with Crippen molar-refractivity contribution < 1.29 is 9.53 Å². The highest BCUT2D eigenvalue weighted by atomic mass is 16.5. The highest BCUT2D eigenvalue weighted by molar-refractivity contribution is 5.90. The van der Waals surface area contributed by atoms with E-state index in [1.165, 1.54) is 0 Å². The number of fused-ring (bicyclic) bond motifs is 1. The number of aromatic amines is 2. The first-order valence-corrected chi connectivity index (χ1v) is 4.00. The van der Waals surface area contributed by atoms with Crippen molar-refractivity contribution in [2.75, 3.05) is 6.61 Å². The summed E-state index contributed by atoms with van der Waals surface area (Å²) in [5.74, 6) is -0.465. The minimum atomic E-state index is -0.465. The van der Waals surface area contributed by atoms with Crippen LogP contribution in [0.15, 0.2) is 4.79 Å². The van der Waals surface area contributed by atoms with E-state index in [-0.39, 0.29) is 17.9 Å². The van der Waals surface area contributed by atoms with Crippen molar-refractivity contribution in [1.82, 2.24) is 10.2 Å². The number of H-pyrrole nitrogens is 2. The highest BCUT2D eigenvalue weighted by Gasteiger charge is 2.37. The predicted octanol–water partition coefficient (Wildman–Crippen LogP) is 0.151. The van der Waals surface area contributed by atoms with Crippen molar-refractivity contribution in [1.29, 1.82) is 0 Å². The standard InChI is InChI=1S/C8H10N2O3/c1-8(2)3-13-7(12)5-4(8)6(11)10-9-5/h3H2,1-2H3,(H2,9,10,11). The fourth-order valence-electron chi connectivity index (χ4n) is 1.55. The average Bonchev–Trinajstić information content (AvgIpc) is 2.42. The summed E-state index contributed by atoms with van der Waals surface area (Å²) >= 11 is 0. The van der Waals surface area contributed by atoms with Crippen LogP contribution in [0.25, 0.3) is 0 Å². The molecule has 2 heterocycles. The zero-order chi connectivity index (χ0) is 9.64. The van der Waals surface area contributed by atoms with Crippen LogP contribution in [0, 0.1) is 0 Å². The van der Waals surface area contributed by atoms with Crippen molar-refractivity contribution >= 4 is 5.97 Å². The Morgan fingerprint density at radius 2 is 2.00 bits per heavy atom. The Labute approximate surface area is 74.1 Å². The molecule has 0 amide bonds. The van der Waals surface area contributed by atoms with Crippen LogP contribution >= 0.6 is 0 Å². The third kappa shape index (κ3) is 0.998. The van der Waals surface area contributed by atoms with Crippen molar-refractivity contribution in [2.45, 2.75) is 19.3 Å². The van der Waals surface area contributed by atoms with E-state index in [4.69, 9.17) is 4.74 Å². The van der Waals surface area contributed by atoms with E-state index in [1.54, 1.807) is 0 Å². The maximum atomic E-state index is 11.3. The molecular weight excluding hydrogens is 172 g/mol. The van der Waals surface area contributed by atoms with Gasteiger partial charge in [-0.05, 0) is 0 Å². The molecule has 5 heteroatoms. The lowest BCUT2D eigenvalue weighted by Gasteiger charge is -2.27. The molecule has 2 rings (SSSR count). The molecule has 5 nitrogen and oxygen atoms in total. The Hall–Kier alpha value is -1.52. The molecule has 70 valence electrons. The third-order valence-electron chi connectivity index (χ3n) is 2.22. The second-order valence-corrected chi connectivity index (χ2v) is 3.79. The molecule has 1 aromatic heterocycles. The zero-order valence-electron chi connectivity index (χ0n) is 7.43. The van der Waals surface area contributed by atoms with Crippen LogP contribution in [-0.2, 0) is 10.2 Å². The first-order valence-electron chi connectivity index (χ1n) is 4.00. The Bertz CT molecular complexity index is 413. The van der Waals surface area contributed by atoms with Crippen LogP contribution in [0.1, 0.15) is 29.9 Å². The van der Waals surface area contributed by atoms with Gasteiger partial charge in [-0.1, -0.05) is 13.8 Å². The van der Waals surface area contributed by atoms with Crippen LogP contribution in [0.4, 0.5) is 0 Å². The summed E-state index contributed by atoms with van der Waals surface area (Å²) in [5.41, 5.74) is 0.0956. The van der Waals surface area contributed by atoms with E-state index in [9.17, 15) is 9.59 Å². The molecule has 0 aliphatic carbocycles. The van der Waals surface area contributed by atoms with Gasteiger partial charge in [-0.2, -0.15) is 0 Å². The van der Waals surface area contributed by atoms with Crippen LogP contribution in [0.5, 0.6) is 0 Å². The topological polar surface area (TPSA) is 75.0 Å². The largest absolute Gasteiger partial charge is 0.460 e. The highest BCUT2D eigenvalue weighted by Crippen LogP contribution is 2.27. The van der Waals surface area contributed by atoms with Gasteiger partial charge in [0.05, 0.1) is 5.56 Å². The predicted molar refractivity (Wildman–Crippen MR) is 44.7 cm³/mol. The number of hydrogen-bond acceptors (Lipinski definition) is 3.